The van der Waals surface area contributed by atoms with Gasteiger partial charge in [-0.2, -0.15) is 0 Å². The van der Waals surface area contributed by atoms with Crippen LogP contribution in [-0.4, -0.2) is 38.4 Å². The second-order valence-corrected chi connectivity index (χ2v) is 5.43. The molecule has 0 spiro atoms. The minimum Gasteiger partial charge on any atom is -0.496 e. The van der Waals surface area contributed by atoms with Crippen LogP contribution in [0.2, 0.25) is 0 Å². The summed E-state index contributed by atoms with van der Waals surface area (Å²) in [7, 11) is 1.58. The fourth-order valence-corrected chi connectivity index (χ4v) is 2.26. The number of hydrogen-bond donors (Lipinski definition) is 1. The topological polar surface area (TPSA) is 66.0 Å². The van der Waals surface area contributed by atoms with E-state index in [1.165, 1.54) is 0 Å². The maximum absolute atomic E-state index is 12.2. The molecule has 0 atom stereocenters. The number of benzene rings is 1. The van der Waals surface area contributed by atoms with E-state index < -0.39 is 5.60 Å². The number of hydrogen-bond acceptors (Lipinski definition) is 5. The SMILES string of the molecule is CCOC(C)(C)C(=O)NCc1cc2c(cc1OC)OCCO2. The summed E-state index contributed by atoms with van der Waals surface area (Å²) in [5.74, 6) is 1.80. The van der Waals surface area contributed by atoms with Gasteiger partial charge in [-0.15, -0.1) is 0 Å². The summed E-state index contributed by atoms with van der Waals surface area (Å²) in [6, 6.07) is 3.62. The van der Waals surface area contributed by atoms with Crippen molar-refractivity contribution in [3.63, 3.8) is 0 Å². The fourth-order valence-electron chi connectivity index (χ4n) is 2.26. The van der Waals surface area contributed by atoms with Gasteiger partial charge in [-0.25, -0.2) is 0 Å². The highest BCUT2D eigenvalue weighted by atomic mass is 16.6. The second kappa shape index (κ2) is 6.87. The van der Waals surface area contributed by atoms with Gasteiger partial charge in [-0.05, 0) is 26.8 Å². The van der Waals surface area contributed by atoms with E-state index in [9.17, 15) is 4.79 Å². The molecule has 1 amide bonds. The Morgan fingerprint density at radius 2 is 1.91 bits per heavy atom. The Balaban J connectivity index is 2.10. The standard InChI is InChI=1S/C16H23NO5/c1-5-22-16(2,3)15(18)17-10-11-8-13-14(9-12(11)19-4)21-7-6-20-13/h8-9H,5-7,10H2,1-4H3,(H,17,18). The molecule has 1 aliphatic heterocycles. The highest BCUT2D eigenvalue weighted by Gasteiger charge is 2.28. The number of fused-ring (bicyclic) bond motifs is 1. The minimum atomic E-state index is -0.865. The van der Waals surface area contributed by atoms with E-state index in [4.69, 9.17) is 18.9 Å². The van der Waals surface area contributed by atoms with Crippen molar-refractivity contribution in [2.75, 3.05) is 26.9 Å². The molecule has 6 heteroatoms. The van der Waals surface area contributed by atoms with Crippen LogP contribution in [0.25, 0.3) is 0 Å². The lowest BCUT2D eigenvalue weighted by Gasteiger charge is -2.24. The highest BCUT2D eigenvalue weighted by molar-refractivity contribution is 5.84. The molecule has 0 unspecified atom stereocenters. The van der Waals surface area contributed by atoms with Crippen LogP contribution in [0, 0.1) is 0 Å². The van der Waals surface area contributed by atoms with Gasteiger partial charge in [0.1, 0.15) is 24.6 Å². The van der Waals surface area contributed by atoms with E-state index in [1.807, 2.05) is 13.0 Å². The van der Waals surface area contributed by atoms with Crippen LogP contribution in [0.5, 0.6) is 17.2 Å². The van der Waals surface area contributed by atoms with Crippen LogP contribution in [-0.2, 0) is 16.1 Å². The maximum Gasteiger partial charge on any atom is 0.251 e. The molecule has 0 radical (unpaired) electrons. The van der Waals surface area contributed by atoms with Crippen LogP contribution in [0.4, 0.5) is 0 Å². The first-order valence-corrected chi connectivity index (χ1v) is 7.36. The Kier molecular flexibility index (Phi) is 5.13. The van der Waals surface area contributed by atoms with Crippen LogP contribution in [0.1, 0.15) is 26.3 Å². The molecule has 0 bridgehead atoms. The number of ether oxygens (including phenoxy) is 4. The van der Waals surface area contributed by atoms with E-state index in [2.05, 4.69) is 5.32 Å². The van der Waals surface area contributed by atoms with Crippen molar-refractivity contribution >= 4 is 5.91 Å². The molecule has 0 fully saturated rings. The first-order valence-electron chi connectivity index (χ1n) is 7.36. The van der Waals surface area contributed by atoms with Crippen molar-refractivity contribution in [2.24, 2.45) is 0 Å². The van der Waals surface area contributed by atoms with E-state index in [1.54, 1.807) is 27.0 Å². The van der Waals surface area contributed by atoms with Crippen molar-refractivity contribution in [1.82, 2.24) is 5.32 Å². The Labute approximate surface area is 130 Å². The fraction of sp³-hybridized carbons (Fsp3) is 0.562. The highest BCUT2D eigenvalue weighted by Crippen LogP contribution is 2.36. The Bertz CT molecular complexity index is 542. The van der Waals surface area contributed by atoms with E-state index in [-0.39, 0.29) is 5.91 Å². The third-order valence-corrected chi connectivity index (χ3v) is 3.44. The molecule has 1 aliphatic rings. The largest absolute Gasteiger partial charge is 0.496 e. The second-order valence-electron chi connectivity index (χ2n) is 5.43. The summed E-state index contributed by atoms with van der Waals surface area (Å²) >= 11 is 0. The number of nitrogens with one attached hydrogen (secondary N) is 1. The summed E-state index contributed by atoms with van der Waals surface area (Å²) in [5.41, 5.74) is -0.0390. The third-order valence-electron chi connectivity index (χ3n) is 3.44. The molecule has 0 aromatic heterocycles. The van der Waals surface area contributed by atoms with Crippen LogP contribution >= 0.6 is 0 Å². The number of rotatable bonds is 6. The summed E-state index contributed by atoms with van der Waals surface area (Å²) in [4.78, 5) is 12.2. The Hall–Kier alpha value is -1.95. The number of amides is 1. The molecule has 0 saturated heterocycles. The van der Waals surface area contributed by atoms with Crippen LogP contribution in [0.3, 0.4) is 0 Å². The molecule has 0 saturated carbocycles. The summed E-state index contributed by atoms with van der Waals surface area (Å²) in [6.45, 7) is 7.19. The van der Waals surface area contributed by atoms with E-state index in [0.29, 0.717) is 43.6 Å². The zero-order valence-corrected chi connectivity index (χ0v) is 13.5. The Morgan fingerprint density at radius 3 is 2.50 bits per heavy atom. The van der Waals surface area contributed by atoms with Crippen LogP contribution < -0.4 is 19.5 Å². The van der Waals surface area contributed by atoms with Gasteiger partial charge < -0.3 is 24.3 Å². The molecular formula is C16H23NO5. The van der Waals surface area contributed by atoms with Gasteiger partial charge in [0, 0.05) is 24.8 Å². The lowest BCUT2D eigenvalue weighted by molar-refractivity contribution is -0.142. The predicted octanol–water partition coefficient (Wildman–Crippen LogP) is 1.90. The molecule has 0 aliphatic carbocycles. The van der Waals surface area contributed by atoms with Gasteiger partial charge in [0.05, 0.1) is 7.11 Å². The molecule has 1 aromatic rings. The van der Waals surface area contributed by atoms with Crippen molar-refractivity contribution in [2.45, 2.75) is 32.9 Å². The van der Waals surface area contributed by atoms with E-state index in [0.717, 1.165) is 5.56 Å². The van der Waals surface area contributed by atoms with Crippen molar-refractivity contribution in [1.29, 1.82) is 0 Å². The third kappa shape index (κ3) is 3.62. The van der Waals surface area contributed by atoms with Gasteiger partial charge in [0.25, 0.3) is 5.91 Å². The maximum atomic E-state index is 12.2. The average molecular weight is 309 g/mol. The van der Waals surface area contributed by atoms with Crippen molar-refractivity contribution in [3.05, 3.63) is 17.7 Å². The van der Waals surface area contributed by atoms with E-state index >= 15 is 0 Å². The molecule has 2 rings (SSSR count). The summed E-state index contributed by atoms with van der Waals surface area (Å²) in [5, 5.41) is 2.87. The molecule has 6 nitrogen and oxygen atoms in total. The first kappa shape index (κ1) is 16.4. The average Bonchev–Trinajstić information content (AvgIpc) is 2.51. The van der Waals surface area contributed by atoms with Gasteiger partial charge in [0.15, 0.2) is 11.5 Å². The smallest absolute Gasteiger partial charge is 0.251 e. The number of carbonyl (C=O) groups excluding carboxylic acids is 1. The minimum absolute atomic E-state index is 0.175. The summed E-state index contributed by atoms with van der Waals surface area (Å²) in [6.07, 6.45) is 0. The molecule has 122 valence electrons. The number of methoxy groups -OCH3 is 1. The lowest BCUT2D eigenvalue weighted by Crippen LogP contribution is -2.44. The zero-order valence-electron chi connectivity index (χ0n) is 13.5. The van der Waals surface area contributed by atoms with Gasteiger partial charge in [0.2, 0.25) is 0 Å². The van der Waals surface area contributed by atoms with Gasteiger partial charge in [-0.1, -0.05) is 0 Å². The Morgan fingerprint density at radius 1 is 1.27 bits per heavy atom. The van der Waals surface area contributed by atoms with Crippen LogP contribution in [0.15, 0.2) is 12.1 Å². The molecule has 1 heterocycles. The quantitative estimate of drug-likeness (QED) is 0.869. The molecule has 1 aromatic carbocycles. The van der Waals surface area contributed by atoms with Gasteiger partial charge in [-0.3, -0.25) is 4.79 Å². The zero-order chi connectivity index (χ0) is 16.2. The summed E-state index contributed by atoms with van der Waals surface area (Å²) < 4.78 is 21.9. The first-order chi connectivity index (χ1) is 10.5. The normalized spacial score (nSPS) is 13.6. The number of carbonyl (C=O) groups is 1. The predicted molar refractivity (Wildman–Crippen MR) is 81.5 cm³/mol. The lowest BCUT2D eigenvalue weighted by atomic mass is 10.1. The van der Waals surface area contributed by atoms with Crippen molar-refractivity contribution < 1.29 is 23.7 Å². The van der Waals surface area contributed by atoms with Gasteiger partial charge >= 0.3 is 0 Å². The van der Waals surface area contributed by atoms with Crippen molar-refractivity contribution in [3.8, 4) is 17.2 Å². The molecule has 1 N–H and O–H groups in total. The molecular weight excluding hydrogens is 286 g/mol. The monoisotopic (exact) mass is 309 g/mol. The molecule has 22 heavy (non-hydrogen) atoms.